The number of carboxylic acid groups (broad SMARTS) is 1. The van der Waals surface area contributed by atoms with Gasteiger partial charge in [-0.1, -0.05) is 30.3 Å². The molecule has 0 radical (unpaired) electrons. The van der Waals surface area contributed by atoms with Crippen molar-refractivity contribution < 1.29 is 14.6 Å². The van der Waals surface area contributed by atoms with Gasteiger partial charge < -0.3 is 9.84 Å². The molecule has 0 amide bonds. The summed E-state index contributed by atoms with van der Waals surface area (Å²) in [7, 11) is 0. The molecule has 1 aromatic heterocycles. The molecular weight excluding hydrogens is 262 g/mol. The molecule has 100 valence electrons. The molecule has 1 aromatic carbocycles. The summed E-state index contributed by atoms with van der Waals surface area (Å²) in [4.78, 5) is 16.0. The molecule has 2 rings (SSSR count). The van der Waals surface area contributed by atoms with E-state index in [1.165, 1.54) is 11.3 Å². The first-order valence-corrected chi connectivity index (χ1v) is 6.82. The largest absolute Gasteiger partial charge is 0.476 e. The Hall–Kier alpha value is -1.72. The number of benzene rings is 1. The topological polar surface area (TPSA) is 59.4 Å². The summed E-state index contributed by atoms with van der Waals surface area (Å²) in [5, 5.41) is 9.75. The molecule has 1 unspecified atom stereocenters. The molecule has 0 aliphatic carbocycles. The molecule has 0 aliphatic rings. The number of hydrogen-bond acceptors (Lipinski definition) is 4. The molecule has 5 heteroatoms. The van der Waals surface area contributed by atoms with Crippen LogP contribution in [0, 0.1) is 6.92 Å². The third-order valence-electron chi connectivity index (χ3n) is 2.68. The Morgan fingerprint density at radius 3 is 2.63 bits per heavy atom. The number of ether oxygens (including phenoxy) is 1. The number of carbonyl (C=O) groups is 1. The quantitative estimate of drug-likeness (QED) is 0.911. The van der Waals surface area contributed by atoms with Crippen LogP contribution in [0.2, 0.25) is 0 Å². The molecule has 1 atom stereocenters. The van der Waals surface area contributed by atoms with Crippen molar-refractivity contribution in [2.45, 2.75) is 20.0 Å². The van der Waals surface area contributed by atoms with Crippen molar-refractivity contribution in [2.24, 2.45) is 0 Å². The highest BCUT2D eigenvalue weighted by Crippen LogP contribution is 2.30. The predicted molar refractivity (Wildman–Crippen MR) is 73.7 cm³/mol. The van der Waals surface area contributed by atoms with Crippen LogP contribution in [-0.4, -0.2) is 22.7 Å². The standard InChI is InChI=1S/C14H15NO3S/c1-3-18-12(10-7-5-4-6-8-10)13-15-11(14(16)17)9(2)19-13/h4-8,12H,3H2,1-2H3,(H,16,17). The van der Waals surface area contributed by atoms with Crippen molar-refractivity contribution in [3.8, 4) is 0 Å². The lowest BCUT2D eigenvalue weighted by atomic mass is 10.1. The zero-order valence-electron chi connectivity index (χ0n) is 10.8. The smallest absolute Gasteiger partial charge is 0.355 e. The lowest BCUT2D eigenvalue weighted by molar-refractivity contribution is 0.0687. The zero-order chi connectivity index (χ0) is 13.8. The van der Waals surface area contributed by atoms with E-state index in [2.05, 4.69) is 4.98 Å². The second kappa shape index (κ2) is 5.95. The van der Waals surface area contributed by atoms with Gasteiger partial charge in [-0.15, -0.1) is 11.3 Å². The number of aromatic nitrogens is 1. The van der Waals surface area contributed by atoms with Gasteiger partial charge in [0.25, 0.3) is 0 Å². The highest BCUT2D eigenvalue weighted by atomic mass is 32.1. The molecule has 1 N–H and O–H groups in total. The summed E-state index contributed by atoms with van der Waals surface area (Å²) in [6.07, 6.45) is -0.303. The van der Waals surface area contributed by atoms with Gasteiger partial charge in [-0.25, -0.2) is 9.78 Å². The van der Waals surface area contributed by atoms with E-state index in [4.69, 9.17) is 9.84 Å². The first kappa shape index (κ1) is 13.7. The fourth-order valence-electron chi connectivity index (χ4n) is 1.83. The number of thiazole rings is 1. The van der Waals surface area contributed by atoms with Crippen LogP contribution in [0.1, 0.15) is 39.0 Å². The number of hydrogen-bond donors (Lipinski definition) is 1. The average molecular weight is 277 g/mol. The lowest BCUT2D eigenvalue weighted by Gasteiger charge is -2.14. The Morgan fingerprint density at radius 2 is 2.11 bits per heavy atom. The van der Waals surface area contributed by atoms with Crippen LogP contribution in [0.15, 0.2) is 30.3 Å². The summed E-state index contributed by atoms with van der Waals surface area (Å²) in [6, 6.07) is 9.71. The normalized spacial score (nSPS) is 12.3. The predicted octanol–water partition coefficient (Wildman–Crippen LogP) is 3.28. The van der Waals surface area contributed by atoms with Gasteiger partial charge in [0.05, 0.1) is 0 Å². The van der Waals surface area contributed by atoms with Gasteiger partial charge in [-0.3, -0.25) is 0 Å². The second-order valence-electron chi connectivity index (χ2n) is 4.01. The van der Waals surface area contributed by atoms with Crippen molar-refractivity contribution in [3.63, 3.8) is 0 Å². The van der Waals surface area contributed by atoms with Crippen molar-refractivity contribution in [2.75, 3.05) is 6.61 Å². The maximum atomic E-state index is 11.1. The zero-order valence-corrected chi connectivity index (χ0v) is 11.6. The van der Waals surface area contributed by atoms with Crippen LogP contribution in [0.25, 0.3) is 0 Å². The fourth-order valence-corrected chi connectivity index (χ4v) is 2.82. The Bertz CT molecular complexity index is 565. The second-order valence-corrected chi connectivity index (χ2v) is 5.24. The van der Waals surface area contributed by atoms with E-state index >= 15 is 0 Å². The van der Waals surface area contributed by atoms with Crippen LogP contribution in [0.4, 0.5) is 0 Å². The molecule has 0 spiro atoms. The highest BCUT2D eigenvalue weighted by Gasteiger charge is 2.22. The first-order chi connectivity index (χ1) is 9.13. The number of aromatic carboxylic acids is 1. The van der Waals surface area contributed by atoms with E-state index in [1.807, 2.05) is 37.3 Å². The van der Waals surface area contributed by atoms with Crippen molar-refractivity contribution in [1.29, 1.82) is 0 Å². The minimum absolute atomic E-state index is 0.112. The van der Waals surface area contributed by atoms with Crippen LogP contribution in [0.5, 0.6) is 0 Å². The van der Waals surface area contributed by atoms with Crippen molar-refractivity contribution in [3.05, 3.63) is 51.5 Å². The summed E-state index contributed by atoms with van der Waals surface area (Å²) in [5.41, 5.74) is 1.09. The molecule has 4 nitrogen and oxygen atoms in total. The SMILES string of the molecule is CCOC(c1ccccc1)c1nc(C(=O)O)c(C)s1. The molecule has 0 aliphatic heterocycles. The number of aryl methyl sites for hydroxylation is 1. The van der Waals surface area contributed by atoms with E-state index in [0.717, 1.165) is 5.56 Å². The van der Waals surface area contributed by atoms with E-state index in [9.17, 15) is 4.79 Å². The van der Waals surface area contributed by atoms with E-state index < -0.39 is 5.97 Å². The summed E-state index contributed by atoms with van der Waals surface area (Å²) < 4.78 is 5.72. The van der Waals surface area contributed by atoms with Crippen LogP contribution in [0.3, 0.4) is 0 Å². The molecule has 1 heterocycles. The monoisotopic (exact) mass is 277 g/mol. The van der Waals surface area contributed by atoms with Crippen LogP contribution in [-0.2, 0) is 4.74 Å². The molecule has 0 fully saturated rings. The Morgan fingerprint density at radius 1 is 1.42 bits per heavy atom. The van der Waals surface area contributed by atoms with E-state index in [1.54, 1.807) is 6.92 Å². The number of rotatable bonds is 5. The van der Waals surface area contributed by atoms with E-state index in [0.29, 0.717) is 16.5 Å². The fraction of sp³-hybridized carbons (Fsp3) is 0.286. The summed E-state index contributed by atoms with van der Waals surface area (Å²) >= 11 is 1.37. The molecule has 0 saturated heterocycles. The van der Waals surface area contributed by atoms with Gasteiger partial charge in [0.15, 0.2) is 5.69 Å². The van der Waals surface area contributed by atoms with Crippen molar-refractivity contribution >= 4 is 17.3 Å². The van der Waals surface area contributed by atoms with Gasteiger partial charge >= 0.3 is 5.97 Å². The minimum Gasteiger partial charge on any atom is -0.476 e. The van der Waals surface area contributed by atoms with Gasteiger partial charge in [0.2, 0.25) is 0 Å². The molecule has 19 heavy (non-hydrogen) atoms. The third-order valence-corrected chi connectivity index (χ3v) is 3.69. The third kappa shape index (κ3) is 3.00. The van der Waals surface area contributed by atoms with Gasteiger partial charge in [-0.05, 0) is 19.4 Å². The highest BCUT2D eigenvalue weighted by molar-refractivity contribution is 7.12. The average Bonchev–Trinajstić information content (AvgIpc) is 2.79. The molecule has 2 aromatic rings. The van der Waals surface area contributed by atoms with Gasteiger partial charge in [-0.2, -0.15) is 0 Å². The summed E-state index contributed by atoms with van der Waals surface area (Å²) in [5.74, 6) is -0.997. The molecule has 0 bridgehead atoms. The Kier molecular flexibility index (Phi) is 4.29. The Labute approximate surface area is 115 Å². The number of carboxylic acids is 1. The number of nitrogens with zero attached hydrogens (tertiary/aromatic N) is 1. The Balaban J connectivity index is 2.40. The van der Waals surface area contributed by atoms with Crippen LogP contribution < -0.4 is 0 Å². The first-order valence-electron chi connectivity index (χ1n) is 6.00. The molecule has 0 saturated carbocycles. The van der Waals surface area contributed by atoms with Gasteiger partial charge in [0.1, 0.15) is 11.1 Å². The van der Waals surface area contributed by atoms with E-state index in [-0.39, 0.29) is 11.8 Å². The maximum absolute atomic E-state index is 11.1. The van der Waals surface area contributed by atoms with Crippen molar-refractivity contribution in [1.82, 2.24) is 4.98 Å². The van der Waals surface area contributed by atoms with Crippen LogP contribution >= 0.6 is 11.3 Å². The molecular formula is C14H15NO3S. The maximum Gasteiger partial charge on any atom is 0.355 e. The summed E-state index contributed by atoms with van der Waals surface area (Å²) in [6.45, 7) is 4.22. The minimum atomic E-state index is -0.997. The van der Waals surface area contributed by atoms with Gasteiger partial charge in [0, 0.05) is 11.5 Å². The lowest BCUT2D eigenvalue weighted by Crippen LogP contribution is -2.07.